The highest BCUT2D eigenvalue weighted by Crippen LogP contribution is 2.28. The van der Waals surface area contributed by atoms with Gasteiger partial charge in [0.15, 0.2) is 0 Å². The Kier molecular flexibility index (Phi) is 4.08. The van der Waals surface area contributed by atoms with Gasteiger partial charge in [0.05, 0.1) is 0 Å². The smallest absolute Gasteiger partial charge is 0.326 e. The molecule has 1 aliphatic rings. The summed E-state index contributed by atoms with van der Waals surface area (Å²) in [4.78, 5) is 23.9. The predicted molar refractivity (Wildman–Crippen MR) is 53.5 cm³/mol. The molecule has 0 aromatic rings. The average Bonchev–Trinajstić information content (AvgIpc) is 2.98. The first-order valence-electron chi connectivity index (χ1n) is 5.19. The highest BCUT2D eigenvalue weighted by molar-refractivity contribution is 5.84. The summed E-state index contributed by atoms with van der Waals surface area (Å²) in [7, 11) is 0. The second-order valence-electron chi connectivity index (χ2n) is 3.68. The van der Waals surface area contributed by atoms with Crippen molar-refractivity contribution in [3.05, 3.63) is 0 Å². The van der Waals surface area contributed by atoms with Gasteiger partial charge in [-0.05, 0) is 26.7 Å². The van der Waals surface area contributed by atoms with E-state index in [-0.39, 0.29) is 18.6 Å². The van der Waals surface area contributed by atoms with E-state index in [1.807, 2.05) is 0 Å². The van der Waals surface area contributed by atoms with Crippen molar-refractivity contribution in [1.29, 1.82) is 0 Å². The van der Waals surface area contributed by atoms with E-state index >= 15 is 0 Å². The van der Waals surface area contributed by atoms with Crippen LogP contribution >= 0.6 is 0 Å². The zero-order valence-corrected chi connectivity index (χ0v) is 9.10. The van der Waals surface area contributed by atoms with Gasteiger partial charge in [0.2, 0.25) is 5.91 Å². The monoisotopic (exact) mass is 215 g/mol. The minimum atomic E-state index is -0.966. The van der Waals surface area contributed by atoms with Crippen LogP contribution in [0.25, 0.3) is 0 Å². The zero-order valence-electron chi connectivity index (χ0n) is 9.10. The van der Waals surface area contributed by atoms with Crippen LogP contribution in [0.5, 0.6) is 0 Å². The largest absolute Gasteiger partial charge is 0.480 e. The fraction of sp³-hybridized carbons (Fsp3) is 0.800. The van der Waals surface area contributed by atoms with Gasteiger partial charge in [0, 0.05) is 12.6 Å². The molecule has 0 heterocycles. The number of carbonyl (C=O) groups is 2. The summed E-state index contributed by atoms with van der Waals surface area (Å²) in [6.07, 6.45) is 1.80. The maximum atomic E-state index is 11.7. The van der Waals surface area contributed by atoms with E-state index in [0.29, 0.717) is 6.61 Å². The molecule has 5 heteroatoms. The fourth-order valence-electron chi connectivity index (χ4n) is 1.47. The number of hydrogen-bond acceptors (Lipinski definition) is 3. The van der Waals surface area contributed by atoms with E-state index in [1.165, 1.54) is 11.8 Å². The molecule has 0 bridgehead atoms. The molecule has 1 saturated carbocycles. The molecule has 1 rings (SSSR count). The van der Waals surface area contributed by atoms with Gasteiger partial charge in [-0.2, -0.15) is 0 Å². The van der Waals surface area contributed by atoms with Crippen LogP contribution in [0.15, 0.2) is 0 Å². The Morgan fingerprint density at radius 2 is 2.13 bits per heavy atom. The normalized spacial score (nSPS) is 17.2. The summed E-state index contributed by atoms with van der Waals surface area (Å²) >= 11 is 0. The van der Waals surface area contributed by atoms with E-state index in [4.69, 9.17) is 9.84 Å². The van der Waals surface area contributed by atoms with Gasteiger partial charge in [0.25, 0.3) is 0 Å². The summed E-state index contributed by atoms with van der Waals surface area (Å²) in [5.74, 6) is -1.19. The topological polar surface area (TPSA) is 66.8 Å². The van der Waals surface area contributed by atoms with E-state index < -0.39 is 12.0 Å². The molecular formula is C10H17NO4. The minimum Gasteiger partial charge on any atom is -0.480 e. The minimum absolute atomic E-state index is 0.0232. The highest BCUT2D eigenvalue weighted by atomic mass is 16.5. The Morgan fingerprint density at radius 1 is 1.53 bits per heavy atom. The van der Waals surface area contributed by atoms with E-state index in [9.17, 15) is 9.59 Å². The maximum absolute atomic E-state index is 11.7. The summed E-state index contributed by atoms with van der Waals surface area (Å²) < 4.78 is 5.00. The third-order valence-electron chi connectivity index (χ3n) is 2.43. The third kappa shape index (κ3) is 3.20. The van der Waals surface area contributed by atoms with Crippen LogP contribution in [0.1, 0.15) is 26.7 Å². The van der Waals surface area contributed by atoms with Gasteiger partial charge >= 0.3 is 5.97 Å². The molecule has 5 nitrogen and oxygen atoms in total. The van der Waals surface area contributed by atoms with Gasteiger partial charge in [-0.3, -0.25) is 4.79 Å². The Hall–Kier alpha value is -1.10. The Bertz CT molecular complexity index is 250. The Balaban J connectivity index is 2.56. The summed E-state index contributed by atoms with van der Waals surface area (Å²) in [5.41, 5.74) is 0. The van der Waals surface area contributed by atoms with Crippen LogP contribution in [-0.4, -0.2) is 47.2 Å². The van der Waals surface area contributed by atoms with Crippen molar-refractivity contribution in [2.45, 2.75) is 38.8 Å². The highest BCUT2D eigenvalue weighted by Gasteiger charge is 2.38. The predicted octanol–water partition coefficient (Wildman–Crippen LogP) is 0.487. The molecular weight excluding hydrogens is 198 g/mol. The molecule has 1 atom stereocenters. The van der Waals surface area contributed by atoms with Crippen molar-refractivity contribution in [3.63, 3.8) is 0 Å². The van der Waals surface area contributed by atoms with Gasteiger partial charge in [-0.25, -0.2) is 4.79 Å². The number of aliphatic carboxylic acids is 1. The first-order chi connectivity index (χ1) is 7.07. The van der Waals surface area contributed by atoms with Gasteiger partial charge < -0.3 is 14.7 Å². The number of hydrogen-bond donors (Lipinski definition) is 1. The number of nitrogens with zero attached hydrogens (tertiary/aromatic N) is 1. The van der Waals surface area contributed by atoms with Crippen molar-refractivity contribution in [3.8, 4) is 0 Å². The van der Waals surface area contributed by atoms with Crippen molar-refractivity contribution in [2.24, 2.45) is 0 Å². The van der Waals surface area contributed by atoms with E-state index in [2.05, 4.69) is 0 Å². The van der Waals surface area contributed by atoms with Crippen LogP contribution in [0, 0.1) is 0 Å². The van der Waals surface area contributed by atoms with Crippen LogP contribution in [-0.2, 0) is 14.3 Å². The molecule has 1 aliphatic carbocycles. The summed E-state index contributed by atoms with van der Waals surface area (Å²) in [6, 6.07) is -0.658. The summed E-state index contributed by atoms with van der Waals surface area (Å²) in [6.45, 7) is 3.77. The molecule has 0 aliphatic heterocycles. The maximum Gasteiger partial charge on any atom is 0.326 e. The molecule has 1 fully saturated rings. The zero-order chi connectivity index (χ0) is 11.4. The van der Waals surface area contributed by atoms with Gasteiger partial charge in [-0.15, -0.1) is 0 Å². The lowest BCUT2D eigenvalue weighted by molar-refractivity contribution is -0.152. The molecule has 1 N–H and O–H groups in total. The number of rotatable bonds is 6. The number of carboxylic acid groups (broad SMARTS) is 1. The quantitative estimate of drug-likeness (QED) is 0.700. The number of carboxylic acids is 1. The lowest BCUT2D eigenvalue weighted by Crippen LogP contribution is -2.46. The standard InChI is InChI=1S/C10H17NO4/c1-3-15-6-9(12)11(8-4-5-8)7(2)10(13)14/h7-8H,3-6H2,1-2H3,(H,13,14). The molecule has 0 radical (unpaired) electrons. The molecule has 15 heavy (non-hydrogen) atoms. The first kappa shape index (κ1) is 12.0. The first-order valence-corrected chi connectivity index (χ1v) is 5.19. The molecule has 0 spiro atoms. The second kappa shape index (κ2) is 5.11. The van der Waals surface area contributed by atoms with E-state index in [0.717, 1.165) is 12.8 Å². The fourth-order valence-corrected chi connectivity index (χ4v) is 1.47. The van der Waals surface area contributed by atoms with Crippen molar-refractivity contribution < 1.29 is 19.4 Å². The second-order valence-corrected chi connectivity index (χ2v) is 3.68. The van der Waals surface area contributed by atoms with Crippen molar-refractivity contribution >= 4 is 11.9 Å². The van der Waals surface area contributed by atoms with Crippen molar-refractivity contribution in [1.82, 2.24) is 4.90 Å². The third-order valence-corrected chi connectivity index (χ3v) is 2.43. The summed E-state index contributed by atoms with van der Waals surface area (Å²) in [5, 5.41) is 8.87. The van der Waals surface area contributed by atoms with Crippen LogP contribution < -0.4 is 0 Å². The molecule has 86 valence electrons. The Labute approximate surface area is 89.0 Å². The van der Waals surface area contributed by atoms with Gasteiger partial charge in [-0.1, -0.05) is 0 Å². The molecule has 1 unspecified atom stereocenters. The van der Waals surface area contributed by atoms with Crippen molar-refractivity contribution in [2.75, 3.05) is 13.2 Å². The molecule has 0 aromatic carbocycles. The Morgan fingerprint density at radius 3 is 2.53 bits per heavy atom. The van der Waals surface area contributed by atoms with Gasteiger partial charge in [0.1, 0.15) is 12.6 Å². The molecule has 0 saturated heterocycles. The van der Waals surface area contributed by atoms with E-state index in [1.54, 1.807) is 6.92 Å². The lowest BCUT2D eigenvalue weighted by atomic mass is 10.2. The number of carbonyl (C=O) groups excluding carboxylic acids is 1. The number of amides is 1. The lowest BCUT2D eigenvalue weighted by Gasteiger charge is -2.26. The average molecular weight is 215 g/mol. The molecule has 1 amide bonds. The number of ether oxygens (including phenoxy) is 1. The van der Waals surface area contributed by atoms with Crippen LogP contribution in [0.4, 0.5) is 0 Å². The molecule has 0 aromatic heterocycles. The SMILES string of the molecule is CCOCC(=O)N(C1CC1)C(C)C(=O)O. The van der Waals surface area contributed by atoms with Crippen LogP contribution in [0.2, 0.25) is 0 Å². The van der Waals surface area contributed by atoms with Crippen LogP contribution in [0.3, 0.4) is 0 Å².